The number of anilines is 2. The first-order valence-corrected chi connectivity index (χ1v) is 18.8. The number of carbonyl (C=O) groups is 4. The Morgan fingerprint density at radius 1 is 0.945 bits per heavy atom. The number of fused-ring (bicyclic) bond motifs is 4. The minimum absolute atomic E-state index is 0.0702. The van der Waals surface area contributed by atoms with Gasteiger partial charge in [-0.25, -0.2) is 0 Å². The van der Waals surface area contributed by atoms with E-state index in [9.17, 15) is 19.5 Å². The van der Waals surface area contributed by atoms with E-state index in [1.165, 1.54) is 18.1 Å². The molecule has 2 aliphatic carbocycles. The quantitative estimate of drug-likeness (QED) is 0.130. The van der Waals surface area contributed by atoms with Gasteiger partial charge in [0.15, 0.2) is 11.5 Å². The van der Waals surface area contributed by atoms with Crippen molar-refractivity contribution < 1.29 is 33.8 Å². The van der Waals surface area contributed by atoms with Crippen LogP contribution in [0.2, 0.25) is 10.0 Å². The van der Waals surface area contributed by atoms with Crippen LogP contribution in [-0.4, -0.2) is 47.5 Å². The summed E-state index contributed by atoms with van der Waals surface area (Å²) >= 11 is 12.7. The molecule has 4 aliphatic rings. The smallest absolute Gasteiger partial charge is 0.260 e. The van der Waals surface area contributed by atoms with E-state index in [1.807, 2.05) is 6.08 Å². The molecule has 0 aromatic heterocycles. The Labute approximate surface area is 327 Å². The van der Waals surface area contributed by atoms with E-state index in [0.717, 1.165) is 10.6 Å². The van der Waals surface area contributed by atoms with Crippen molar-refractivity contribution in [3.63, 3.8) is 0 Å². The Morgan fingerprint density at radius 3 is 2.36 bits per heavy atom. The summed E-state index contributed by atoms with van der Waals surface area (Å²) in [6.45, 7) is 5.86. The molecule has 2 saturated heterocycles. The SMILES string of the molecule is C=Cc1ccc(N2C(=O)[C@H]3[C@H](CC=C4[C@H]3C[C@H]3C(=O)N(Nc5ccc(Cl)cc5Cl)C(=O)[C@@]3(c3ccc(OC)cc3)[C@H]4c3cccc(OCC)c3O)C2=O)cc1. The van der Waals surface area contributed by atoms with Crippen molar-refractivity contribution in [1.29, 1.82) is 0 Å². The molecule has 55 heavy (non-hydrogen) atoms. The highest BCUT2D eigenvalue weighted by atomic mass is 35.5. The summed E-state index contributed by atoms with van der Waals surface area (Å²) in [7, 11) is 1.54. The zero-order valence-electron chi connectivity index (χ0n) is 30.0. The van der Waals surface area contributed by atoms with E-state index in [2.05, 4.69) is 12.0 Å². The van der Waals surface area contributed by atoms with Crippen molar-refractivity contribution in [3.05, 3.63) is 130 Å². The van der Waals surface area contributed by atoms with Gasteiger partial charge in [0.25, 0.3) is 11.8 Å². The molecule has 3 fully saturated rings. The van der Waals surface area contributed by atoms with Gasteiger partial charge in [0, 0.05) is 16.5 Å². The summed E-state index contributed by atoms with van der Waals surface area (Å²) in [6.07, 6.45) is 3.91. The molecule has 0 spiro atoms. The minimum atomic E-state index is -1.64. The summed E-state index contributed by atoms with van der Waals surface area (Å²) in [5, 5.41) is 13.5. The lowest BCUT2D eigenvalue weighted by Gasteiger charge is -2.50. The fourth-order valence-electron chi connectivity index (χ4n) is 9.25. The maximum absolute atomic E-state index is 15.5. The summed E-state index contributed by atoms with van der Waals surface area (Å²) in [5.74, 6) is -5.45. The number of phenols is 1. The molecule has 2 N–H and O–H groups in total. The minimum Gasteiger partial charge on any atom is -0.504 e. The molecule has 2 heterocycles. The molecule has 6 atom stereocenters. The number of para-hydroxylation sites is 1. The Bertz CT molecular complexity index is 2290. The van der Waals surface area contributed by atoms with Gasteiger partial charge in [0.2, 0.25) is 11.8 Å². The first kappa shape index (κ1) is 36.4. The number of amides is 4. The molecule has 10 nitrogen and oxygen atoms in total. The van der Waals surface area contributed by atoms with Crippen LogP contribution >= 0.6 is 23.2 Å². The standard InChI is InChI=1S/C43H37Cl2N3O7/c1-4-23-9-14-26(15-10-23)47-39(50)29-19-18-28-31(36(29)41(47)52)22-32-40(51)48(46-34-20-13-25(44)21-33(34)45)42(53)43(32,24-11-16-27(54-3)17-12-24)37(28)30-7-6-8-35(38(30)49)55-5-2/h4,6-18,20-21,29,31-32,36-37,46,49H,1,5,19,22H2,2-3H3/t29-,31+,32-,36-,37+,43+/m0/s1. The maximum Gasteiger partial charge on any atom is 0.260 e. The van der Waals surface area contributed by atoms with Crippen molar-refractivity contribution in [1.82, 2.24) is 5.01 Å². The number of nitrogens with one attached hydrogen (secondary N) is 1. The fraction of sp³-hybridized carbons (Fsp3) is 0.256. The fourth-order valence-corrected chi connectivity index (χ4v) is 9.70. The third kappa shape index (κ3) is 5.53. The number of halogens is 2. The molecule has 280 valence electrons. The van der Waals surface area contributed by atoms with Crippen molar-refractivity contribution in [2.75, 3.05) is 24.0 Å². The first-order chi connectivity index (χ1) is 26.5. The number of allylic oxidation sites excluding steroid dienone is 2. The molecule has 0 bridgehead atoms. The molecule has 8 rings (SSSR count). The Balaban J connectivity index is 1.34. The lowest BCUT2D eigenvalue weighted by atomic mass is 9.49. The zero-order chi connectivity index (χ0) is 38.8. The normalized spacial score (nSPS) is 25.6. The molecule has 4 aromatic carbocycles. The number of aromatic hydroxyl groups is 1. The number of hydrogen-bond acceptors (Lipinski definition) is 8. The lowest BCUT2D eigenvalue weighted by molar-refractivity contribution is -0.138. The summed E-state index contributed by atoms with van der Waals surface area (Å²) < 4.78 is 11.3. The predicted molar refractivity (Wildman–Crippen MR) is 209 cm³/mol. The van der Waals surface area contributed by atoms with Crippen LogP contribution in [-0.2, 0) is 24.6 Å². The van der Waals surface area contributed by atoms with Gasteiger partial charge in [0.1, 0.15) is 5.75 Å². The van der Waals surface area contributed by atoms with Gasteiger partial charge in [-0.1, -0.05) is 83.9 Å². The Kier molecular flexibility index (Phi) is 9.22. The topological polar surface area (TPSA) is 125 Å². The molecule has 0 unspecified atom stereocenters. The van der Waals surface area contributed by atoms with Crippen LogP contribution < -0.4 is 19.8 Å². The van der Waals surface area contributed by atoms with Gasteiger partial charge in [-0.15, -0.1) is 0 Å². The predicted octanol–water partition coefficient (Wildman–Crippen LogP) is 7.94. The zero-order valence-corrected chi connectivity index (χ0v) is 31.5. The number of hydrogen-bond donors (Lipinski definition) is 2. The summed E-state index contributed by atoms with van der Waals surface area (Å²) in [6, 6.07) is 23.8. The van der Waals surface area contributed by atoms with Crippen LogP contribution in [0.5, 0.6) is 17.2 Å². The monoisotopic (exact) mass is 777 g/mol. The Hall–Kier alpha value is -5.58. The van der Waals surface area contributed by atoms with Gasteiger partial charge < -0.3 is 14.6 Å². The molecule has 4 aromatic rings. The molecular formula is C43H37Cl2N3O7. The van der Waals surface area contributed by atoms with Crippen LogP contribution in [0, 0.1) is 23.7 Å². The summed E-state index contributed by atoms with van der Waals surface area (Å²) in [4.78, 5) is 60.5. The Morgan fingerprint density at radius 2 is 1.69 bits per heavy atom. The van der Waals surface area contributed by atoms with Crippen LogP contribution in [0.3, 0.4) is 0 Å². The molecule has 12 heteroatoms. The van der Waals surface area contributed by atoms with Crippen molar-refractivity contribution >= 4 is 64.3 Å². The van der Waals surface area contributed by atoms with Gasteiger partial charge in [-0.2, -0.15) is 5.01 Å². The molecule has 2 aliphatic heterocycles. The van der Waals surface area contributed by atoms with E-state index >= 15 is 4.79 Å². The second-order valence-electron chi connectivity index (χ2n) is 14.1. The van der Waals surface area contributed by atoms with Gasteiger partial charge in [-0.05, 0) is 85.3 Å². The number of nitrogens with zero attached hydrogens (tertiary/aromatic N) is 2. The number of phenolic OH excluding ortho intramolecular Hbond substituents is 1. The highest BCUT2D eigenvalue weighted by Gasteiger charge is 2.70. The second kappa shape index (κ2) is 13.9. The van der Waals surface area contributed by atoms with Crippen LogP contribution in [0.1, 0.15) is 42.4 Å². The van der Waals surface area contributed by atoms with Crippen LogP contribution in [0.15, 0.2) is 103 Å². The van der Waals surface area contributed by atoms with Crippen LogP contribution in [0.4, 0.5) is 11.4 Å². The number of carbonyl (C=O) groups excluding carboxylic acids is 4. The van der Waals surface area contributed by atoms with E-state index in [4.69, 9.17) is 32.7 Å². The molecule has 4 amide bonds. The highest BCUT2D eigenvalue weighted by molar-refractivity contribution is 6.36. The van der Waals surface area contributed by atoms with Crippen molar-refractivity contribution in [2.45, 2.75) is 31.1 Å². The average Bonchev–Trinajstić information content (AvgIpc) is 3.57. The number of hydrazine groups is 1. The van der Waals surface area contributed by atoms with E-state index in [0.29, 0.717) is 33.2 Å². The third-order valence-corrected chi connectivity index (χ3v) is 12.2. The molecule has 1 saturated carbocycles. The number of ether oxygens (including phenoxy) is 2. The first-order valence-electron chi connectivity index (χ1n) is 18.0. The van der Waals surface area contributed by atoms with Crippen molar-refractivity contribution in [2.24, 2.45) is 23.7 Å². The van der Waals surface area contributed by atoms with E-state index < -0.39 is 46.8 Å². The van der Waals surface area contributed by atoms with Crippen molar-refractivity contribution in [3.8, 4) is 17.2 Å². The number of rotatable bonds is 9. The van der Waals surface area contributed by atoms with E-state index in [1.54, 1.807) is 91.9 Å². The largest absolute Gasteiger partial charge is 0.504 e. The average molecular weight is 779 g/mol. The van der Waals surface area contributed by atoms with Gasteiger partial charge in [0.05, 0.1) is 53.3 Å². The number of methoxy groups -OCH3 is 1. The summed E-state index contributed by atoms with van der Waals surface area (Å²) in [5.41, 5.74) is 4.45. The number of imide groups is 2. The molecule has 0 radical (unpaired) electrons. The van der Waals surface area contributed by atoms with Gasteiger partial charge in [-0.3, -0.25) is 29.5 Å². The highest BCUT2D eigenvalue weighted by Crippen LogP contribution is 2.65. The van der Waals surface area contributed by atoms with E-state index in [-0.39, 0.29) is 53.5 Å². The van der Waals surface area contributed by atoms with Crippen LogP contribution in [0.25, 0.3) is 6.08 Å². The second-order valence-corrected chi connectivity index (χ2v) is 15.0. The maximum atomic E-state index is 15.5. The number of benzene rings is 4. The third-order valence-electron chi connectivity index (χ3n) is 11.6. The van der Waals surface area contributed by atoms with Gasteiger partial charge >= 0.3 is 0 Å². The molecular weight excluding hydrogens is 741 g/mol. The lowest BCUT2D eigenvalue weighted by Crippen LogP contribution is -2.53.